The molecule has 2 nitrogen and oxygen atoms in total. The molecule has 0 amide bonds. The third kappa shape index (κ3) is 6.09. The van der Waals surface area contributed by atoms with Crippen molar-refractivity contribution in [2.75, 3.05) is 0 Å². The van der Waals surface area contributed by atoms with Crippen LogP contribution < -0.4 is 0 Å². The average molecular weight is 264 g/mol. The number of carboxylic acids is 1. The minimum Gasteiger partial charge on any atom is -0.481 e. The monoisotopic (exact) mass is 264 g/mol. The number of carboxylic acid groups (broad SMARTS) is 1. The van der Waals surface area contributed by atoms with Crippen molar-refractivity contribution >= 4 is 5.97 Å². The first-order valence-electron chi connectivity index (χ1n) is 7.54. The van der Waals surface area contributed by atoms with E-state index in [2.05, 4.69) is 26.8 Å². The van der Waals surface area contributed by atoms with Crippen molar-refractivity contribution in [1.29, 1.82) is 0 Å². The first kappa shape index (κ1) is 16.0. The number of allylic oxidation sites excluding steroid dienone is 3. The summed E-state index contributed by atoms with van der Waals surface area (Å²) in [6.45, 7) is 6.26. The minimum atomic E-state index is -0.645. The predicted molar refractivity (Wildman–Crippen MR) is 80.1 cm³/mol. The summed E-state index contributed by atoms with van der Waals surface area (Å²) >= 11 is 0. The zero-order chi connectivity index (χ0) is 14.3. The summed E-state index contributed by atoms with van der Waals surface area (Å²) in [5.41, 5.74) is 2.55. The topological polar surface area (TPSA) is 37.3 Å². The fourth-order valence-corrected chi connectivity index (χ4v) is 2.88. The molecule has 1 rings (SSSR count). The maximum atomic E-state index is 11.5. The molecule has 0 heterocycles. The van der Waals surface area contributed by atoms with Gasteiger partial charge in [0.2, 0.25) is 0 Å². The molecule has 0 spiro atoms. The van der Waals surface area contributed by atoms with Crippen molar-refractivity contribution < 1.29 is 9.90 Å². The van der Waals surface area contributed by atoms with Crippen LogP contribution in [-0.4, -0.2) is 11.1 Å². The third-order valence-corrected chi connectivity index (χ3v) is 4.00. The fraction of sp³-hybridized carbons (Fsp3) is 0.706. The Balaban J connectivity index is 2.60. The molecular weight excluding hydrogens is 236 g/mol. The van der Waals surface area contributed by atoms with E-state index in [1.54, 1.807) is 0 Å². The van der Waals surface area contributed by atoms with Gasteiger partial charge in [0, 0.05) is 0 Å². The summed E-state index contributed by atoms with van der Waals surface area (Å²) in [5.74, 6) is -0.565. The summed E-state index contributed by atoms with van der Waals surface area (Å²) in [6.07, 6.45) is 12.0. The van der Waals surface area contributed by atoms with E-state index < -0.39 is 5.97 Å². The second kappa shape index (κ2) is 8.19. The minimum absolute atomic E-state index is 0.271. The van der Waals surface area contributed by atoms with Gasteiger partial charge < -0.3 is 5.11 Å². The molecule has 1 N–H and O–H groups in total. The third-order valence-electron chi connectivity index (χ3n) is 4.00. The van der Waals surface area contributed by atoms with Gasteiger partial charge in [-0.1, -0.05) is 42.6 Å². The highest BCUT2D eigenvalue weighted by Gasteiger charge is 2.27. The first-order valence-corrected chi connectivity index (χ1v) is 7.54. The standard InChI is InChI=1S/C17H28O2/c1-13(2)8-7-9-14(3)12-16(17(18)19)15-10-5-4-6-11-15/h8,12,15-16H,4-7,9-11H2,1-3H3,(H,18,19)/b14-12-/t16-/m1/s1. The van der Waals surface area contributed by atoms with Gasteiger partial charge in [0.05, 0.1) is 5.92 Å². The fourth-order valence-electron chi connectivity index (χ4n) is 2.88. The van der Waals surface area contributed by atoms with Crippen LogP contribution in [0.1, 0.15) is 65.7 Å². The zero-order valence-corrected chi connectivity index (χ0v) is 12.6. The molecule has 1 fully saturated rings. The quantitative estimate of drug-likeness (QED) is 0.688. The van der Waals surface area contributed by atoms with Crippen LogP contribution in [0.4, 0.5) is 0 Å². The van der Waals surface area contributed by atoms with Gasteiger partial charge in [-0.25, -0.2) is 0 Å². The van der Waals surface area contributed by atoms with Crippen molar-refractivity contribution in [1.82, 2.24) is 0 Å². The molecule has 0 aromatic rings. The van der Waals surface area contributed by atoms with E-state index >= 15 is 0 Å². The van der Waals surface area contributed by atoms with Gasteiger partial charge in [0.15, 0.2) is 0 Å². The lowest BCUT2D eigenvalue weighted by atomic mass is 9.79. The van der Waals surface area contributed by atoms with E-state index in [0.29, 0.717) is 5.92 Å². The van der Waals surface area contributed by atoms with Crippen LogP contribution in [0.2, 0.25) is 0 Å². The Kier molecular flexibility index (Phi) is 6.90. The number of hydrogen-bond acceptors (Lipinski definition) is 1. The van der Waals surface area contributed by atoms with Gasteiger partial charge in [0.25, 0.3) is 0 Å². The molecule has 1 saturated carbocycles. The Morgan fingerprint density at radius 1 is 1.21 bits per heavy atom. The van der Waals surface area contributed by atoms with Crippen LogP contribution >= 0.6 is 0 Å². The van der Waals surface area contributed by atoms with Crippen LogP contribution in [0.5, 0.6) is 0 Å². The van der Waals surface area contributed by atoms with Crippen LogP contribution in [0.25, 0.3) is 0 Å². The highest BCUT2D eigenvalue weighted by molar-refractivity contribution is 5.72. The Bertz CT molecular complexity index is 342. The Morgan fingerprint density at radius 2 is 1.84 bits per heavy atom. The molecular formula is C17H28O2. The van der Waals surface area contributed by atoms with Gasteiger partial charge >= 0.3 is 5.97 Å². The van der Waals surface area contributed by atoms with Gasteiger partial charge in [-0.2, -0.15) is 0 Å². The van der Waals surface area contributed by atoms with Crippen LogP contribution in [0, 0.1) is 11.8 Å². The molecule has 0 saturated heterocycles. The lowest BCUT2D eigenvalue weighted by molar-refractivity contribution is -0.142. The lowest BCUT2D eigenvalue weighted by Gasteiger charge is -2.26. The first-order chi connectivity index (χ1) is 9.00. The van der Waals surface area contributed by atoms with Crippen molar-refractivity contribution in [3.63, 3.8) is 0 Å². The van der Waals surface area contributed by atoms with Gasteiger partial charge in [-0.3, -0.25) is 4.79 Å². The normalized spacial score (nSPS) is 19.0. The van der Waals surface area contributed by atoms with E-state index in [4.69, 9.17) is 0 Å². The second-order valence-electron chi connectivity index (χ2n) is 6.10. The van der Waals surface area contributed by atoms with E-state index in [1.165, 1.54) is 30.4 Å². The maximum Gasteiger partial charge on any atom is 0.310 e. The summed E-state index contributed by atoms with van der Waals surface area (Å²) in [6, 6.07) is 0. The molecule has 1 atom stereocenters. The van der Waals surface area contributed by atoms with Gasteiger partial charge in [-0.15, -0.1) is 0 Å². The number of rotatable bonds is 6. The average Bonchev–Trinajstić information content (AvgIpc) is 2.36. The Labute approximate surface area is 117 Å². The highest BCUT2D eigenvalue weighted by atomic mass is 16.4. The predicted octanol–water partition coefficient (Wildman–Crippen LogP) is 4.96. The molecule has 1 aliphatic rings. The summed E-state index contributed by atoms with van der Waals surface area (Å²) in [7, 11) is 0. The molecule has 19 heavy (non-hydrogen) atoms. The largest absolute Gasteiger partial charge is 0.481 e. The van der Waals surface area contributed by atoms with E-state index in [0.717, 1.165) is 25.7 Å². The SMILES string of the molecule is CC(C)=CCC/C(C)=C\[C@@H](C(=O)O)C1CCCCC1. The molecule has 0 aromatic heterocycles. The number of aliphatic carboxylic acids is 1. The second-order valence-corrected chi connectivity index (χ2v) is 6.10. The van der Waals surface area contributed by atoms with Crippen molar-refractivity contribution in [3.05, 3.63) is 23.3 Å². The van der Waals surface area contributed by atoms with Crippen LogP contribution in [0.15, 0.2) is 23.3 Å². The maximum absolute atomic E-state index is 11.5. The lowest BCUT2D eigenvalue weighted by Crippen LogP contribution is -2.24. The van der Waals surface area contributed by atoms with Gasteiger partial charge in [-0.05, 0) is 52.4 Å². The molecule has 0 radical (unpaired) electrons. The Morgan fingerprint density at radius 3 is 2.37 bits per heavy atom. The van der Waals surface area contributed by atoms with Crippen LogP contribution in [-0.2, 0) is 4.79 Å². The van der Waals surface area contributed by atoms with Gasteiger partial charge in [0.1, 0.15) is 0 Å². The zero-order valence-electron chi connectivity index (χ0n) is 12.6. The Hall–Kier alpha value is -1.05. The summed E-state index contributed by atoms with van der Waals surface area (Å²) in [4.78, 5) is 11.5. The molecule has 0 bridgehead atoms. The molecule has 108 valence electrons. The van der Waals surface area contributed by atoms with Crippen LogP contribution in [0.3, 0.4) is 0 Å². The van der Waals surface area contributed by atoms with E-state index in [1.807, 2.05) is 6.08 Å². The van der Waals surface area contributed by atoms with Crippen molar-refractivity contribution in [2.24, 2.45) is 11.8 Å². The number of hydrogen-bond donors (Lipinski definition) is 1. The smallest absolute Gasteiger partial charge is 0.310 e. The molecule has 0 aromatic carbocycles. The van der Waals surface area contributed by atoms with E-state index in [9.17, 15) is 9.90 Å². The molecule has 0 aliphatic heterocycles. The van der Waals surface area contributed by atoms with E-state index in [-0.39, 0.29) is 5.92 Å². The molecule has 0 unspecified atom stereocenters. The molecule has 1 aliphatic carbocycles. The van der Waals surface area contributed by atoms with Crippen molar-refractivity contribution in [3.8, 4) is 0 Å². The number of carbonyl (C=O) groups is 1. The van der Waals surface area contributed by atoms with Crippen molar-refractivity contribution in [2.45, 2.75) is 65.7 Å². The summed E-state index contributed by atoms with van der Waals surface area (Å²) < 4.78 is 0. The highest BCUT2D eigenvalue weighted by Crippen LogP contribution is 2.32. The molecule has 2 heteroatoms. The summed E-state index contributed by atoms with van der Waals surface area (Å²) in [5, 5.41) is 9.43.